The summed E-state index contributed by atoms with van der Waals surface area (Å²) in [6, 6.07) is 10.00. The number of oxime groups is 1. The summed E-state index contributed by atoms with van der Waals surface area (Å²) in [7, 11) is 3.02. The average Bonchev–Trinajstić information content (AvgIpc) is 3.40. The fourth-order valence-corrected chi connectivity index (χ4v) is 3.41. The number of rotatable bonds is 7. The van der Waals surface area contributed by atoms with E-state index >= 15 is 0 Å². The van der Waals surface area contributed by atoms with E-state index in [9.17, 15) is 14.7 Å². The van der Waals surface area contributed by atoms with Gasteiger partial charge in [0.15, 0.2) is 23.0 Å². The quantitative estimate of drug-likeness (QED) is 0.689. The molecule has 0 aromatic heterocycles. The molecule has 31 heavy (non-hydrogen) atoms. The molecule has 1 amide bonds. The Bertz CT molecular complexity index is 1070. The van der Waals surface area contributed by atoms with E-state index in [0.717, 1.165) is 0 Å². The number of anilines is 1. The second-order valence-electron chi connectivity index (χ2n) is 6.96. The molecule has 2 aromatic carbocycles. The minimum Gasteiger partial charge on any atom is -0.493 e. The molecular weight excluding hydrogens is 408 g/mol. The summed E-state index contributed by atoms with van der Waals surface area (Å²) in [6.07, 6.45) is -0.602. The Labute approximate surface area is 177 Å². The molecule has 162 valence electrons. The Kier molecular flexibility index (Phi) is 5.28. The first kappa shape index (κ1) is 20.3. The van der Waals surface area contributed by atoms with E-state index in [2.05, 4.69) is 10.5 Å². The zero-order chi connectivity index (χ0) is 22.0. The van der Waals surface area contributed by atoms with Gasteiger partial charge in [-0.05, 0) is 30.3 Å². The van der Waals surface area contributed by atoms with Crippen LogP contribution in [0.1, 0.15) is 18.4 Å². The lowest BCUT2D eigenvalue weighted by Crippen LogP contribution is -2.45. The van der Waals surface area contributed by atoms with Crippen LogP contribution in [0.4, 0.5) is 5.69 Å². The highest BCUT2D eigenvalue weighted by atomic mass is 16.7. The molecule has 0 spiro atoms. The van der Waals surface area contributed by atoms with Gasteiger partial charge < -0.3 is 34.2 Å². The number of ether oxygens (including phenoxy) is 4. The fourth-order valence-electron chi connectivity index (χ4n) is 3.41. The smallest absolute Gasteiger partial charge is 0.308 e. The summed E-state index contributed by atoms with van der Waals surface area (Å²) in [5.74, 6) is 0.234. The monoisotopic (exact) mass is 428 g/mol. The van der Waals surface area contributed by atoms with Gasteiger partial charge in [0.2, 0.25) is 12.4 Å². The second-order valence-corrected chi connectivity index (χ2v) is 6.96. The Balaban J connectivity index is 1.56. The lowest BCUT2D eigenvalue weighted by Gasteiger charge is -2.23. The number of benzene rings is 2. The number of nitrogens with zero attached hydrogens (tertiary/aromatic N) is 1. The number of hydrogen-bond donors (Lipinski definition) is 2. The first-order valence-corrected chi connectivity index (χ1v) is 9.34. The number of nitrogens with one attached hydrogen (secondary N) is 1. The molecule has 2 aliphatic heterocycles. The lowest BCUT2D eigenvalue weighted by atomic mass is 9.90. The Morgan fingerprint density at radius 3 is 2.61 bits per heavy atom. The minimum atomic E-state index is -1.70. The van der Waals surface area contributed by atoms with E-state index in [-0.39, 0.29) is 13.2 Å². The van der Waals surface area contributed by atoms with Gasteiger partial charge in [0.05, 0.1) is 26.4 Å². The SMILES string of the molecule is COc1ccc(C2=NOC(CC(=O)O)(C(=O)Nc3ccc4c(c3)OCO4)C2)cc1OC. The molecule has 2 N–H and O–H groups in total. The van der Waals surface area contributed by atoms with Crippen LogP contribution in [0.15, 0.2) is 41.6 Å². The molecule has 2 aliphatic rings. The third-order valence-corrected chi connectivity index (χ3v) is 4.98. The van der Waals surface area contributed by atoms with Gasteiger partial charge in [-0.3, -0.25) is 9.59 Å². The highest BCUT2D eigenvalue weighted by Gasteiger charge is 2.49. The van der Waals surface area contributed by atoms with Crippen LogP contribution in [-0.2, 0) is 14.4 Å². The summed E-state index contributed by atoms with van der Waals surface area (Å²) in [6.45, 7) is 0.0985. The topological polar surface area (TPSA) is 125 Å². The number of aliphatic carboxylic acids is 1. The Hall–Kier alpha value is -3.95. The van der Waals surface area contributed by atoms with E-state index in [1.54, 1.807) is 36.4 Å². The number of carbonyl (C=O) groups is 2. The molecule has 0 saturated heterocycles. The van der Waals surface area contributed by atoms with Crippen molar-refractivity contribution in [2.75, 3.05) is 26.3 Å². The molecule has 0 radical (unpaired) electrons. The van der Waals surface area contributed by atoms with Crippen LogP contribution in [0.3, 0.4) is 0 Å². The summed E-state index contributed by atoms with van der Waals surface area (Å²) in [5.41, 5.74) is -0.240. The maximum absolute atomic E-state index is 13.1. The van der Waals surface area contributed by atoms with Gasteiger partial charge >= 0.3 is 5.97 Å². The number of carboxylic acid groups (broad SMARTS) is 1. The van der Waals surface area contributed by atoms with E-state index in [0.29, 0.717) is 40.0 Å². The molecule has 1 atom stereocenters. The predicted molar refractivity (Wildman–Crippen MR) is 108 cm³/mol. The van der Waals surface area contributed by atoms with Crippen molar-refractivity contribution in [3.63, 3.8) is 0 Å². The third-order valence-electron chi connectivity index (χ3n) is 4.98. The summed E-state index contributed by atoms with van der Waals surface area (Å²) < 4.78 is 21.1. The highest BCUT2D eigenvalue weighted by molar-refractivity contribution is 6.09. The number of amides is 1. The predicted octanol–water partition coefficient (Wildman–Crippen LogP) is 2.41. The van der Waals surface area contributed by atoms with Crippen molar-refractivity contribution >= 4 is 23.3 Å². The van der Waals surface area contributed by atoms with Crippen LogP contribution in [0.5, 0.6) is 23.0 Å². The first-order valence-electron chi connectivity index (χ1n) is 9.34. The molecule has 4 rings (SSSR count). The molecule has 0 aliphatic carbocycles. The minimum absolute atomic E-state index is 0.0365. The molecule has 0 bridgehead atoms. The Morgan fingerprint density at radius 2 is 1.87 bits per heavy atom. The maximum atomic E-state index is 13.1. The van der Waals surface area contributed by atoms with Crippen LogP contribution in [0.2, 0.25) is 0 Å². The van der Waals surface area contributed by atoms with Crippen LogP contribution in [-0.4, -0.2) is 49.3 Å². The van der Waals surface area contributed by atoms with Gasteiger partial charge in [-0.25, -0.2) is 0 Å². The van der Waals surface area contributed by atoms with Gasteiger partial charge in [0.25, 0.3) is 5.91 Å². The fraction of sp³-hybridized carbons (Fsp3) is 0.286. The van der Waals surface area contributed by atoms with Gasteiger partial charge in [-0.2, -0.15) is 0 Å². The van der Waals surface area contributed by atoms with E-state index in [1.165, 1.54) is 14.2 Å². The first-order chi connectivity index (χ1) is 14.9. The van der Waals surface area contributed by atoms with Crippen molar-refractivity contribution in [3.8, 4) is 23.0 Å². The molecule has 1 unspecified atom stereocenters. The van der Waals surface area contributed by atoms with Gasteiger partial charge in [-0.1, -0.05) is 5.16 Å². The van der Waals surface area contributed by atoms with E-state index < -0.39 is 23.9 Å². The molecule has 2 aromatic rings. The van der Waals surface area contributed by atoms with Crippen LogP contribution < -0.4 is 24.3 Å². The van der Waals surface area contributed by atoms with E-state index in [4.69, 9.17) is 23.8 Å². The molecule has 2 heterocycles. The van der Waals surface area contributed by atoms with Crippen LogP contribution in [0.25, 0.3) is 0 Å². The average molecular weight is 428 g/mol. The highest BCUT2D eigenvalue weighted by Crippen LogP contribution is 2.37. The molecule has 10 heteroatoms. The normalized spacial score (nSPS) is 18.7. The number of carbonyl (C=O) groups excluding carboxylic acids is 1. The molecule has 0 fully saturated rings. The van der Waals surface area contributed by atoms with Crippen molar-refractivity contribution < 1.29 is 38.5 Å². The number of methoxy groups -OCH3 is 2. The number of hydrogen-bond acceptors (Lipinski definition) is 8. The zero-order valence-electron chi connectivity index (χ0n) is 16.8. The van der Waals surface area contributed by atoms with Gasteiger partial charge in [0.1, 0.15) is 0 Å². The van der Waals surface area contributed by atoms with E-state index in [1.807, 2.05) is 0 Å². The van der Waals surface area contributed by atoms with Gasteiger partial charge in [0, 0.05) is 23.7 Å². The largest absolute Gasteiger partial charge is 0.493 e. The van der Waals surface area contributed by atoms with Crippen molar-refractivity contribution in [1.82, 2.24) is 0 Å². The van der Waals surface area contributed by atoms with Crippen LogP contribution >= 0.6 is 0 Å². The number of fused-ring (bicyclic) bond motifs is 1. The lowest BCUT2D eigenvalue weighted by molar-refractivity contribution is -0.152. The second kappa shape index (κ2) is 8.05. The standard InChI is InChI=1S/C21H20N2O8/c1-27-15-5-3-12(7-17(15)28-2)14-9-21(31-23-14,10-19(24)25)20(26)22-13-4-6-16-18(8-13)30-11-29-16/h3-8H,9-11H2,1-2H3,(H,22,26)(H,24,25). The summed E-state index contributed by atoms with van der Waals surface area (Å²) in [5, 5.41) is 16.1. The number of carboxylic acids is 1. The zero-order valence-corrected chi connectivity index (χ0v) is 16.8. The van der Waals surface area contributed by atoms with Gasteiger partial charge in [-0.15, -0.1) is 0 Å². The maximum Gasteiger partial charge on any atom is 0.308 e. The molecule has 0 saturated carbocycles. The summed E-state index contributed by atoms with van der Waals surface area (Å²) in [4.78, 5) is 30.0. The summed E-state index contributed by atoms with van der Waals surface area (Å²) >= 11 is 0. The van der Waals surface area contributed by atoms with Crippen molar-refractivity contribution in [2.24, 2.45) is 5.16 Å². The van der Waals surface area contributed by atoms with Crippen molar-refractivity contribution in [3.05, 3.63) is 42.0 Å². The van der Waals surface area contributed by atoms with Crippen LogP contribution in [0, 0.1) is 0 Å². The third kappa shape index (κ3) is 3.91. The molecule has 10 nitrogen and oxygen atoms in total. The Morgan fingerprint density at radius 1 is 1.10 bits per heavy atom. The van der Waals surface area contributed by atoms with Crippen molar-refractivity contribution in [1.29, 1.82) is 0 Å². The van der Waals surface area contributed by atoms with Crippen molar-refractivity contribution in [2.45, 2.75) is 18.4 Å². The molecular formula is C21H20N2O8.